The minimum atomic E-state index is 0.626. The molecule has 4 heterocycles. The van der Waals surface area contributed by atoms with E-state index in [-0.39, 0.29) is 0 Å². The van der Waals surface area contributed by atoms with E-state index >= 15 is 0 Å². The zero-order valence-electron chi connectivity index (χ0n) is 33.9. The van der Waals surface area contributed by atoms with Crippen LogP contribution in [0.2, 0.25) is 0 Å². The van der Waals surface area contributed by atoms with Gasteiger partial charge >= 0.3 is 0 Å². The third-order valence-corrected chi connectivity index (χ3v) is 13.7. The number of fused-ring (bicyclic) bond motifs is 9. The summed E-state index contributed by atoms with van der Waals surface area (Å²) in [5.74, 6) is 1.88. The van der Waals surface area contributed by atoms with Gasteiger partial charge < -0.3 is 9.13 Å². The van der Waals surface area contributed by atoms with Crippen molar-refractivity contribution in [1.82, 2.24) is 24.1 Å². The number of hydrogen-bond donors (Lipinski definition) is 0. The van der Waals surface area contributed by atoms with E-state index < -0.39 is 0 Å². The van der Waals surface area contributed by atoms with Gasteiger partial charge in [0.25, 0.3) is 0 Å². The minimum Gasteiger partial charge on any atom is -0.309 e. The first kappa shape index (κ1) is 35.6. The summed E-state index contributed by atoms with van der Waals surface area (Å²) in [6.45, 7) is 0. The second kappa shape index (κ2) is 14.2. The number of para-hydroxylation sites is 4. The van der Waals surface area contributed by atoms with Gasteiger partial charge in [-0.25, -0.2) is 15.0 Å². The van der Waals surface area contributed by atoms with Crippen LogP contribution in [0, 0.1) is 0 Å². The molecular weight excluding hydrogens is 787 g/mol. The highest BCUT2D eigenvalue weighted by Crippen LogP contribution is 2.46. The molecule has 13 aromatic rings. The van der Waals surface area contributed by atoms with Crippen molar-refractivity contribution in [3.8, 4) is 56.7 Å². The second-order valence-electron chi connectivity index (χ2n) is 16.0. The van der Waals surface area contributed by atoms with E-state index in [9.17, 15) is 0 Å². The summed E-state index contributed by atoms with van der Waals surface area (Å²) >= 11 is 1.81. The summed E-state index contributed by atoms with van der Waals surface area (Å²) in [6, 6.07) is 75.5. The molecule has 0 saturated carbocycles. The van der Waals surface area contributed by atoms with Crippen molar-refractivity contribution in [3.63, 3.8) is 0 Å². The Hall–Kier alpha value is -8.19. The van der Waals surface area contributed by atoms with Crippen molar-refractivity contribution in [2.24, 2.45) is 0 Å². The molecular formula is C57H35N5S. The van der Waals surface area contributed by atoms with Crippen molar-refractivity contribution < 1.29 is 0 Å². The zero-order valence-corrected chi connectivity index (χ0v) is 34.7. The molecule has 0 N–H and O–H groups in total. The Labute approximate surface area is 366 Å². The number of nitrogens with zero attached hydrogens (tertiary/aromatic N) is 5. The van der Waals surface area contributed by atoms with Crippen LogP contribution in [0.25, 0.3) is 120 Å². The molecule has 0 spiro atoms. The number of benzene rings is 9. The van der Waals surface area contributed by atoms with Gasteiger partial charge in [-0.2, -0.15) is 0 Å². The van der Waals surface area contributed by atoms with Crippen LogP contribution >= 0.6 is 11.3 Å². The van der Waals surface area contributed by atoms with Crippen LogP contribution < -0.4 is 0 Å². The summed E-state index contributed by atoms with van der Waals surface area (Å²) in [5.41, 5.74) is 12.0. The molecule has 0 fully saturated rings. The first-order chi connectivity index (χ1) is 31.2. The van der Waals surface area contributed by atoms with Crippen molar-refractivity contribution in [1.29, 1.82) is 0 Å². The molecule has 0 radical (unpaired) electrons. The van der Waals surface area contributed by atoms with Crippen LogP contribution in [-0.4, -0.2) is 24.1 Å². The quantitative estimate of drug-likeness (QED) is 0.168. The van der Waals surface area contributed by atoms with E-state index in [1.54, 1.807) is 0 Å². The van der Waals surface area contributed by atoms with Crippen LogP contribution in [0.3, 0.4) is 0 Å². The first-order valence-corrected chi connectivity index (χ1v) is 22.0. The van der Waals surface area contributed by atoms with Crippen molar-refractivity contribution >= 4 is 75.1 Å². The Bertz CT molecular complexity index is 3790. The summed E-state index contributed by atoms with van der Waals surface area (Å²) in [7, 11) is 0. The molecule has 0 saturated heterocycles. The van der Waals surface area contributed by atoms with E-state index in [1.165, 1.54) is 48.2 Å². The molecule has 5 nitrogen and oxygen atoms in total. The van der Waals surface area contributed by atoms with Gasteiger partial charge in [-0.3, -0.25) is 0 Å². The largest absolute Gasteiger partial charge is 0.309 e. The minimum absolute atomic E-state index is 0.626. The number of aromatic nitrogens is 5. The standard InChI is InChI=1S/C57H35N5S/c1-3-16-36(17-4-1)37-30-32-39(33-31-37)56-58-55(38-18-5-2-6-19-38)59-57(60-56)47-35-40(61-48-25-11-7-20-41(48)42-21-8-12-26-49(42)61)34-46-45-24-15-29-52(54(45)63-53(46)47)62-50-27-13-9-22-43(50)44-23-10-14-28-51(44)62/h1-35H. The van der Waals surface area contributed by atoms with Crippen LogP contribution in [0.4, 0.5) is 0 Å². The molecule has 0 bridgehead atoms. The smallest absolute Gasteiger partial charge is 0.165 e. The lowest BCUT2D eigenvalue weighted by molar-refractivity contribution is 1.07. The van der Waals surface area contributed by atoms with Crippen molar-refractivity contribution in [2.45, 2.75) is 0 Å². The third kappa shape index (κ3) is 5.66. The molecule has 9 aromatic carbocycles. The lowest BCUT2D eigenvalue weighted by Gasteiger charge is -2.13. The molecule has 0 atom stereocenters. The fraction of sp³-hybridized carbons (Fsp3) is 0. The Morgan fingerprint density at radius 2 is 0.730 bits per heavy atom. The van der Waals surface area contributed by atoms with E-state index in [1.807, 2.05) is 35.6 Å². The number of hydrogen-bond acceptors (Lipinski definition) is 4. The lowest BCUT2D eigenvalue weighted by Crippen LogP contribution is -2.01. The predicted octanol–water partition coefficient (Wildman–Crippen LogP) is 15.1. The van der Waals surface area contributed by atoms with Gasteiger partial charge in [0, 0.05) is 59.4 Å². The maximum atomic E-state index is 5.39. The molecule has 4 aromatic heterocycles. The number of rotatable bonds is 6. The molecule has 0 unspecified atom stereocenters. The van der Waals surface area contributed by atoms with Crippen LogP contribution in [0.15, 0.2) is 212 Å². The van der Waals surface area contributed by atoms with Gasteiger partial charge in [-0.15, -0.1) is 11.3 Å². The van der Waals surface area contributed by atoms with E-state index in [0.29, 0.717) is 17.5 Å². The first-order valence-electron chi connectivity index (χ1n) is 21.2. The SMILES string of the molecule is c1ccc(-c2ccc(-c3nc(-c4ccccc4)nc(-c4cc(-n5c6ccccc6c6ccccc65)cc5c4sc4c(-n6c7ccccc7c7ccccc76)cccc45)n3)cc2)cc1. The fourth-order valence-corrected chi connectivity index (χ4v) is 10.8. The van der Waals surface area contributed by atoms with Gasteiger partial charge in [0.2, 0.25) is 0 Å². The van der Waals surface area contributed by atoms with Crippen LogP contribution in [0.5, 0.6) is 0 Å². The Kier molecular flexibility index (Phi) is 8.01. The lowest BCUT2D eigenvalue weighted by atomic mass is 10.0. The van der Waals surface area contributed by atoms with Crippen LogP contribution in [-0.2, 0) is 0 Å². The maximum Gasteiger partial charge on any atom is 0.165 e. The molecule has 13 rings (SSSR count). The molecule has 0 aliphatic heterocycles. The monoisotopic (exact) mass is 821 g/mol. The Morgan fingerprint density at radius 3 is 1.30 bits per heavy atom. The van der Waals surface area contributed by atoms with E-state index in [2.05, 4.69) is 197 Å². The van der Waals surface area contributed by atoms with Gasteiger partial charge in [0.05, 0.1) is 32.5 Å². The fourth-order valence-electron chi connectivity index (χ4n) is 9.51. The molecule has 6 heteroatoms. The second-order valence-corrected chi connectivity index (χ2v) is 17.0. The van der Waals surface area contributed by atoms with Gasteiger partial charge in [-0.1, -0.05) is 170 Å². The molecule has 0 aliphatic rings. The van der Waals surface area contributed by atoms with Gasteiger partial charge in [0.1, 0.15) is 0 Å². The van der Waals surface area contributed by atoms with E-state index in [4.69, 9.17) is 15.0 Å². The topological polar surface area (TPSA) is 48.5 Å². The average Bonchev–Trinajstić information content (AvgIpc) is 4.02. The summed E-state index contributed by atoms with van der Waals surface area (Å²) in [6.07, 6.45) is 0. The van der Waals surface area contributed by atoms with Gasteiger partial charge in [0.15, 0.2) is 17.5 Å². The van der Waals surface area contributed by atoms with Crippen molar-refractivity contribution in [2.75, 3.05) is 0 Å². The van der Waals surface area contributed by atoms with E-state index in [0.717, 1.165) is 54.7 Å². The normalized spacial score (nSPS) is 11.8. The molecule has 294 valence electrons. The molecule has 0 aliphatic carbocycles. The highest BCUT2D eigenvalue weighted by atomic mass is 32.1. The van der Waals surface area contributed by atoms with Gasteiger partial charge in [-0.05, 0) is 53.6 Å². The highest BCUT2D eigenvalue weighted by Gasteiger charge is 2.23. The Balaban J connectivity index is 1.12. The molecule has 0 amide bonds. The zero-order chi connectivity index (χ0) is 41.4. The summed E-state index contributed by atoms with van der Waals surface area (Å²) < 4.78 is 7.16. The summed E-state index contributed by atoms with van der Waals surface area (Å²) in [5, 5.41) is 7.25. The summed E-state index contributed by atoms with van der Waals surface area (Å²) in [4.78, 5) is 15.9. The third-order valence-electron chi connectivity index (χ3n) is 12.4. The Morgan fingerprint density at radius 1 is 0.302 bits per heavy atom. The average molecular weight is 822 g/mol. The number of thiophene rings is 1. The highest BCUT2D eigenvalue weighted by molar-refractivity contribution is 7.26. The van der Waals surface area contributed by atoms with Crippen LogP contribution in [0.1, 0.15) is 0 Å². The van der Waals surface area contributed by atoms with Crippen molar-refractivity contribution in [3.05, 3.63) is 212 Å². The maximum absolute atomic E-state index is 5.39. The molecule has 63 heavy (non-hydrogen) atoms. The predicted molar refractivity (Wildman–Crippen MR) is 263 cm³/mol.